The van der Waals surface area contributed by atoms with E-state index in [4.69, 9.17) is 4.52 Å². The Kier molecular flexibility index (Phi) is 2.97. The van der Waals surface area contributed by atoms with Crippen LogP contribution in [-0.4, -0.2) is 14.3 Å². The lowest BCUT2D eigenvalue weighted by atomic mass is 10.1. The van der Waals surface area contributed by atoms with E-state index in [-0.39, 0.29) is 5.56 Å². The average Bonchev–Trinajstić information content (AvgIpc) is 2.95. The molecule has 5 heteroatoms. The zero-order chi connectivity index (χ0) is 14.3. The van der Waals surface area contributed by atoms with Gasteiger partial charge in [-0.25, -0.2) is 0 Å². The molecule has 3 heterocycles. The van der Waals surface area contributed by atoms with E-state index in [1.54, 1.807) is 4.57 Å². The lowest BCUT2D eigenvalue weighted by molar-refractivity contribution is 0.392. The van der Waals surface area contributed by atoms with Gasteiger partial charge in [0.25, 0.3) is 5.56 Å². The molecule has 0 N–H and O–H groups in total. The summed E-state index contributed by atoms with van der Waals surface area (Å²) in [4.78, 5) is 12.4. The Balaban J connectivity index is 1.94. The van der Waals surface area contributed by atoms with Gasteiger partial charge in [0, 0.05) is 36.9 Å². The van der Waals surface area contributed by atoms with Crippen LogP contribution in [0.4, 0.5) is 0 Å². The van der Waals surface area contributed by atoms with E-state index in [1.165, 1.54) is 0 Å². The molecule has 5 nitrogen and oxygen atoms in total. The highest BCUT2D eigenvalue weighted by Crippen LogP contribution is 2.14. The van der Waals surface area contributed by atoms with Gasteiger partial charge in [0.2, 0.25) is 0 Å². The zero-order valence-electron chi connectivity index (χ0n) is 11.9. The molecule has 0 saturated carbocycles. The molecular weight excluding hydrogens is 254 g/mol. The monoisotopic (exact) mass is 271 g/mol. The standard InChI is InChI=1S/C15H17N3O2/c1-10-13(11(2)20-16-10)6-9-18-8-5-12-4-7-17(3)14(12)15(18)19/h4-5,7-8H,6,9H2,1-3H3. The molecule has 0 saturated heterocycles. The molecule has 0 unspecified atom stereocenters. The van der Waals surface area contributed by atoms with Gasteiger partial charge in [0.05, 0.1) is 5.69 Å². The van der Waals surface area contributed by atoms with Crippen molar-refractivity contribution in [2.24, 2.45) is 7.05 Å². The topological polar surface area (TPSA) is 53.0 Å². The van der Waals surface area contributed by atoms with E-state index >= 15 is 0 Å². The molecule has 0 aliphatic rings. The quantitative estimate of drug-likeness (QED) is 0.733. The summed E-state index contributed by atoms with van der Waals surface area (Å²) in [5.74, 6) is 0.829. The van der Waals surface area contributed by atoms with Crippen LogP contribution in [0.2, 0.25) is 0 Å². The molecule has 20 heavy (non-hydrogen) atoms. The van der Waals surface area contributed by atoms with Crippen molar-refractivity contribution in [1.29, 1.82) is 0 Å². The van der Waals surface area contributed by atoms with Crippen LogP contribution in [0, 0.1) is 13.8 Å². The molecule has 0 spiro atoms. The minimum atomic E-state index is 0.0433. The fraction of sp³-hybridized carbons (Fsp3) is 0.333. The van der Waals surface area contributed by atoms with Gasteiger partial charge in [0.1, 0.15) is 11.3 Å². The Morgan fingerprint density at radius 1 is 1.25 bits per heavy atom. The van der Waals surface area contributed by atoms with Crippen molar-refractivity contribution in [3.8, 4) is 0 Å². The lowest BCUT2D eigenvalue weighted by Crippen LogP contribution is -2.22. The van der Waals surface area contributed by atoms with Crippen LogP contribution in [0.15, 0.2) is 33.8 Å². The third-order valence-electron chi connectivity index (χ3n) is 3.79. The number of aromatic nitrogens is 3. The first kappa shape index (κ1) is 12.7. The summed E-state index contributed by atoms with van der Waals surface area (Å²) in [6.07, 6.45) is 4.50. The SMILES string of the molecule is Cc1noc(C)c1CCn1ccc2ccn(C)c2c1=O. The summed E-state index contributed by atoms with van der Waals surface area (Å²) in [7, 11) is 1.89. The molecule has 3 aromatic heterocycles. The van der Waals surface area contributed by atoms with Gasteiger partial charge in [-0.2, -0.15) is 0 Å². The number of nitrogens with zero attached hydrogens (tertiary/aromatic N) is 3. The van der Waals surface area contributed by atoms with E-state index in [2.05, 4.69) is 5.16 Å². The summed E-state index contributed by atoms with van der Waals surface area (Å²) in [5.41, 5.74) is 2.77. The Morgan fingerprint density at radius 3 is 2.70 bits per heavy atom. The molecular formula is C15H17N3O2. The molecule has 3 rings (SSSR count). The Bertz CT molecular complexity index is 804. The van der Waals surface area contributed by atoms with Gasteiger partial charge in [0.15, 0.2) is 0 Å². The van der Waals surface area contributed by atoms with Gasteiger partial charge in [-0.3, -0.25) is 4.79 Å². The van der Waals surface area contributed by atoms with Crippen molar-refractivity contribution >= 4 is 10.9 Å². The number of aryl methyl sites for hydroxylation is 4. The normalized spacial score (nSPS) is 11.3. The number of hydrogen-bond acceptors (Lipinski definition) is 3. The highest BCUT2D eigenvalue weighted by atomic mass is 16.5. The summed E-state index contributed by atoms with van der Waals surface area (Å²) < 4.78 is 8.76. The first-order valence-electron chi connectivity index (χ1n) is 6.64. The van der Waals surface area contributed by atoms with Crippen molar-refractivity contribution in [2.75, 3.05) is 0 Å². The Labute approximate surface area is 116 Å². The summed E-state index contributed by atoms with van der Waals surface area (Å²) in [5, 5.41) is 4.92. The number of pyridine rings is 1. The second kappa shape index (κ2) is 4.67. The summed E-state index contributed by atoms with van der Waals surface area (Å²) in [6, 6.07) is 3.93. The maximum atomic E-state index is 12.4. The molecule has 104 valence electrons. The van der Waals surface area contributed by atoms with Crippen molar-refractivity contribution in [2.45, 2.75) is 26.8 Å². The predicted octanol–water partition coefficient (Wildman–Crippen LogP) is 2.19. The van der Waals surface area contributed by atoms with Gasteiger partial charge >= 0.3 is 0 Å². The van der Waals surface area contributed by atoms with Crippen molar-refractivity contribution < 1.29 is 4.52 Å². The molecule has 0 aromatic carbocycles. The van der Waals surface area contributed by atoms with E-state index in [1.807, 2.05) is 50.0 Å². The van der Waals surface area contributed by atoms with E-state index in [0.717, 1.165) is 34.3 Å². The summed E-state index contributed by atoms with van der Waals surface area (Å²) >= 11 is 0. The third kappa shape index (κ3) is 1.95. The van der Waals surface area contributed by atoms with Crippen molar-refractivity contribution in [3.05, 3.63) is 51.9 Å². The molecule has 0 radical (unpaired) electrons. The highest BCUT2D eigenvalue weighted by Gasteiger charge is 2.10. The van der Waals surface area contributed by atoms with Gasteiger partial charge in [-0.05, 0) is 32.4 Å². The third-order valence-corrected chi connectivity index (χ3v) is 3.79. The second-order valence-electron chi connectivity index (χ2n) is 5.10. The van der Waals surface area contributed by atoms with Crippen LogP contribution in [-0.2, 0) is 20.0 Å². The maximum absolute atomic E-state index is 12.4. The van der Waals surface area contributed by atoms with E-state index < -0.39 is 0 Å². The Morgan fingerprint density at radius 2 is 2.00 bits per heavy atom. The Hall–Kier alpha value is -2.30. The van der Waals surface area contributed by atoms with Crippen LogP contribution < -0.4 is 5.56 Å². The van der Waals surface area contributed by atoms with Crippen LogP contribution in [0.3, 0.4) is 0 Å². The molecule has 0 amide bonds. The molecule has 0 bridgehead atoms. The lowest BCUT2D eigenvalue weighted by Gasteiger charge is -2.06. The van der Waals surface area contributed by atoms with Crippen LogP contribution in [0.5, 0.6) is 0 Å². The molecule has 0 atom stereocenters. The number of rotatable bonds is 3. The minimum Gasteiger partial charge on any atom is -0.361 e. The first-order valence-corrected chi connectivity index (χ1v) is 6.64. The van der Waals surface area contributed by atoms with Gasteiger partial charge in [-0.15, -0.1) is 0 Å². The molecule has 0 aliphatic carbocycles. The van der Waals surface area contributed by atoms with Crippen molar-refractivity contribution in [1.82, 2.24) is 14.3 Å². The molecule has 0 aliphatic heterocycles. The van der Waals surface area contributed by atoms with E-state index in [0.29, 0.717) is 6.54 Å². The van der Waals surface area contributed by atoms with Gasteiger partial charge < -0.3 is 13.7 Å². The number of fused-ring (bicyclic) bond motifs is 1. The number of hydrogen-bond donors (Lipinski definition) is 0. The molecule has 0 fully saturated rings. The smallest absolute Gasteiger partial charge is 0.275 e. The van der Waals surface area contributed by atoms with Gasteiger partial charge in [-0.1, -0.05) is 5.16 Å². The average molecular weight is 271 g/mol. The largest absolute Gasteiger partial charge is 0.361 e. The fourth-order valence-corrected chi connectivity index (χ4v) is 2.60. The minimum absolute atomic E-state index is 0.0433. The predicted molar refractivity (Wildman–Crippen MR) is 76.9 cm³/mol. The van der Waals surface area contributed by atoms with E-state index in [9.17, 15) is 4.79 Å². The first-order chi connectivity index (χ1) is 9.58. The van der Waals surface area contributed by atoms with Crippen LogP contribution >= 0.6 is 0 Å². The van der Waals surface area contributed by atoms with Crippen LogP contribution in [0.1, 0.15) is 17.0 Å². The zero-order valence-corrected chi connectivity index (χ0v) is 11.9. The maximum Gasteiger partial charge on any atom is 0.275 e. The summed E-state index contributed by atoms with van der Waals surface area (Å²) in [6.45, 7) is 4.45. The van der Waals surface area contributed by atoms with Crippen LogP contribution in [0.25, 0.3) is 10.9 Å². The second-order valence-corrected chi connectivity index (χ2v) is 5.10. The molecule has 3 aromatic rings. The highest BCUT2D eigenvalue weighted by molar-refractivity contribution is 5.78. The fourth-order valence-electron chi connectivity index (χ4n) is 2.60. The van der Waals surface area contributed by atoms with Crippen molar-refractivity contribution in [3.63, 3.8) is 0 Å².